The highest BCUT2D eigenvalue weighted by Crippen LogP contribution is 2.17. The third-order valence-electron chi connectivity index (χ3n) is 3.98. The summed E-state index contributed by atoms with van der Waals surface area (Å²) in [6.07, 6.45) is 2.58. The molecule has 0 aliphatic heterocycles. The van der Waals surface area contributed by atoms with Crippen molar-refractivity contribution in [1.82, 2.24) is 0 Å². The van der Waals surface area contributed by atoms with Crippen molar-refractivity contribution in [3.05, 3.63) is 59.7 Å². The van der Waals surface area contributed by atoms with Gasteiger partial charge in [0, 0.05) is 12.8 Å². The number of aliphatic carboxylic acids is 1. The Labute approximate surface area is 182 Å². The third-order valence-corrected chi connectivity index (χ3v) is 4.48. The lowest BCUT2D eigenvalue weighted by molar-refractivity contribution is -0.135. The Morgan fingerprint density at radius 1 is 1.03 bits per heavy atom. The molecule has 0 bridgehead atoms. The van der Waals surface area contributed by atoms with Crippen molar-refractivity contribution in [3.63, 3.8) is 0 Å². The maximum Gasteiger partial charge on any atom is 0.309 e. The topological polar surface area (TPSA) is 111 Å². The van der Waals surface area contributed by atoms with Crippen LogP contribution in [-0.4, -0.2) is 44.7 Å². The first kappa shape index (κ1) is 24.2. The number of carboxylic acids is 1. The minimum Gasteiger partial charge on any atom is -0.493 e. The fourth-order valence-corrected chi connectivity index (χ4v) is 3.14. The number of carbonyl (C=O) groups is 1. The Hall–Kier alpha value is -3.07. The Morgan fingerprint density at radius 3 is 2.42 bits per heavy atom. The molecule has 0 aliphatic rings. The van der Waals surface area contributed by atoms with Crippen LogP contribution in [0.1, 0.15) is 30.9 Å². The van der Waals surface area contributed by atoms with Crippen LogP contribution in [0.5, 0.6) is 11.5 Å². The first-order chi connectivity index (χ1) is 14.7. The van der Waals surface area contributed by atoms with Crippen molar-refractivity contribution in [2.75, 3.05) is 19.5 Å². The number of nitrogens with zero attached hydrogens (tertiary/aromatic N) is 1. The summed E-state index contributed by atoms with van der Waals surface area (Å²) in [5.74, 6) is -0.0282. The molecule has 0 aromatic heterocycles. The summed E-state index contributed by atoms with van der Waals surface area (Å²) in [7, 11) is -3.54. The van der Waals surface area contributed by atoms with Crippen LogP contribution in [0.2, 0.25) is 0 Å². The van der Waals surface area contributed by atoms with Crippen LogP contribution in [0.4, 0.5) is 0 Å². The van der Waals surface area contributed by atoms with Gasteiger partial charge in [0.15, 0.2) is 0 Å². The molecule has 2 aromatic carbocycles. The molecule has 0 amide bonds. The van der Waals surface area contributed by atoms with E-state index in [9.17, 15) is 13.2 Å². The van der Waals surface area contributed by atoms with Crippen LogP contribution in [-0.2, 0) is 32.6 Å². The van der Waals surface area contributed by atoms with E-state index in [1.165, 1.54) is 0 Å². The summed E-state index contributed by atoms with van der Waals surface area (Å²) >= 11 is 0. The molecule has 9 heteroatoms. The zero-order valence-electron chi connectivity index (χ0n) is 17.6. The number of carboxylic acid groups (broad SMARTS) is 1. The SMILES string of the molecule is CCCON=C(CC(=O)O)Cc1cccc(OCCc2ccc(OS(C)(=O)=O)cc2)c1. The first-order valence-electron chi connectivity index (χ1n) is 9.85. The molecule has 0 saturated heterocycles. The Balaban J connectivity index is 1.91. The van der Waals surface area contributed by atoms with E-state index in [4.69, 9.17) is 18.9 Å². The van der Waals surface area contributed by atoms with E-state index in [1.807, 2.05) is 31.2 Å². The molecule has 0 heterocycles. The van der Waals surface area contributed by atoms with Crippen molar-refractivity contribution >= 4 is 21.8 Å². The van der Waals surface area contributed by atoms with Crippen LogP contribution >= 0.6 is 0 Å². The summed E-state index contributed by atoms with van der Waals surface area (Å²) in [6.45, 7) is 2.81. The summed E-state index contributed by atoms with van der Waals surface area (Å²) in [6, 6.07) is 14.2. The standard InChI is InChI=1S/C22H27NO7S/c1-3-12-29-23-19(16-22(24)25)14-18-5-4-6-21(15-18)28-13-11-17-7-9-20(10-8-17)30-31(2,26)27/h4-10,15H,3,11-14,16H2,1-2H3,(H,24,25). The van der Waals surface area contributed by atoms with Crippen LogP contribution < -0.4 is 8.92 Å². The normalized spacial score (nSPS) is 11.7. The number of oxime groups is 1. The predicted octanol–water partition coefficient (Wildman–Crippen LogP) is 3.45. The number of rotatable bonds is 13. The first-order valence-corrected chi connectivity index (χ1v) is 11.7. The molecule has 0 saturated carbocycles. The zero-order valence-corrected chi connectivity index (χ0v) is 18.4. The van der Waals surface area contributed by atoms with Gasteiger partial charge in [-0.2, -0.15) is 8.42 Å². The van der Waals surface area contributed by atoms with Crippen LogP contribution in [0.25, 0.3) is 0 Å². The van der Waals surface area contributed by atoms with E-state index in [-0.39, 0.29) is 12.2 Å². The van der Waals surface area contributed by atoms with E-state index >= 15 is 0 Å². The van der Waals surface area contributed by atoms with Gasteiger partial charge in [-0.3, -0.25) is 4.79 Å². The molecule has 0 aliphatic carbocycles. The lowest BCUT2D eigenvalue weighted by Crippen LogP contribution is -2.11. The van der Waals surface area contributed by atoms with Gasteiger partial charge in [-0.15, -0.1) is 0 Å². The third kappa shape index (κ3) is 9.99. The summed E-state index contributed by atoms with van der Waals surface area (Å²) in [5.41, 5.74) is 2.29. The molecule has 0 unspecified atom stereocenters. The second-order valence-electron chi connectivity index (χ2n) is 6.92. The summed E-state index contributed by atoms with van der Waals surface area (Å²) in [4.78, 5) is 16.2. The largest absolute Gasteiger partial charge is 0.493 e. The smallest absolute Gasteiger partial charge is 0.309 e. The van der Waals surface area contributed by atoms with Crippen molar-refractivity contribution in [2.45, 2.75) is 32.6 Å². The van der Waals surface area contributed by atoms with Gasteiger partial charge in [-0.05, 0) is 41.8 Å². The average Bonchev–Trinajstić information content (AvgIpc) is 2.68. The highest BCUT2D eigenvalue weighted by molar-refractivity contribution is 7.86. The molecule has 31 heavy (non-hydrogen) atoms. The average molecular weight is 450 g/mol. The maximum absolute atomic E-state index is 11.1. The Kier molecular flexibility index (Phi) is 9.33. The number of hydrogen-bond acceptors (Lipinski definition) is 7. The van der Waals surface area contributed by atoms with Crippen molar-refractivity contribution in [3.8, 4) is 11.5 Å². The van der Waals surface area contributed by atoms with E-state index in [1.54, 1.807) is 24.3 Å². The van der Waals surface area contributed by atoms with Crippen molar-refractivity contribution in [1.29, 1.82) is 0 Å². The molecule has 0 spiro atoms. The highest BCUT2D eigenvalue weighted by atomic mass is 32.2. The molecule has 2 aromatic rings. The lowest BCUT2D eigenvalue weighted by Gasteiger charge is -2.10. The summed E-state index contributed by atoms with van der Waals surface area (Å²) in [5, 5.41) is 13.0. The van der Waals surface area contributed by atoms with Gasteiger partial charge < -0.3 is 18.9 Å². The number of ether oxygens (including phenoxy) is 1. The van der Waals surface area contributed by atoms with Gasteiger partial charge in [0.25, 0.3) is 0 Å². The molecule has 8 nitrogen and oxygen atoms in total. The van der Waals surface area contributed by atoms with E-state index in [2.05, 4.69) is 5.16 Å². The van der Waals surface area contributed by atoms with E-state index in [0.29, 0.717) is 37.5 Å². The Morgan fingerprint density at radius 2 is 1.77 bits per heavy atom. The van der Waals surface area contributed by atoms with Gasteiger partial charge in [-0.25, -0.2) is 0 Å². The van der Waals surface area contributed by atoms with Crippen molar-refractivity contribution < 1.29 is 32.1 Å². The molecule has 2 rings (SSSR count). The fraction of sp³-hybridized carbons (Fsp3) is 0.364. The number of hydrogen-bond donors (Lipinski definition) is 1. The van der Waals surface area contributed by atoms with Crippen LogP contribution in [0, 0.1) is 0 Å². The molecule has 168 valence electrons. The molecule has 0 atom stereocenters. The highest BCUT2D eigenvalue weighted by Gasteiger charge is 2.09. The molecule has 0 radical (unpaired) electrons. The lowest BCUT2D eigenvalue weighted by atomic mass is 10.1. The molecule has 1 N–H and O–H groups in total. The minimum atomic E-state index is -3.54. The molecular weight excluding hydrogens is 422 g/mol. The van der Waals surface area contributed by atoms with Gasteiger partial charge in [0.2, 0.25) is 0 Å². The van der Waals surface area contributed by atoms with E-state index < -0.39 is 16.1 Å². The number of benzene rings is 2. The molecule has 0 fully saturated rings. The zero-order chi connectivity index (χ0) is 22.7. The minimum absolute atomic E-state index is 0.187. The fourth-order valence-electron chi connectivity index (χ4n) is 2.68. The summed E-state index contributed by atoms with van der Waals surface area (Å²) < 4.78 is 32.9. The van der Waals surface area contributed by atoms with Gasteiger partial charge in [0.05, 0.1) is 25.0 Å². The van der Waals surface area contributed by atoms with Crippen molar-refractivity contribution in [2.24, 2.45) is 5.16 Å². The van der Waals surface area contributed by atoms with Crippen LogP contribution in [0.15, 0.2) is 53.7 Å². The van der Waals surface area contributed by atoms with Crippen LogP contribution in [0.3, 0.4) is 0 Å². The second-order valence-corrected chi connectivity index (χ2v) is 8.49. The monoisotopic (exact) mass is 449 g/mol. The quantitative estimate of drug-likeness (QED) is 0.216. The Bertz CT molecular complexity index is 985. The van der Waals surface area contributed by atoms with Gasteiger partial charge in [-0.1, -0.05) is 36.3 Å². The second kappa shape index (κ2) is 11.9. The maximum atomic E-state index is 11.1. The van der Waals surface area contributed by atoms with E-state index in [0.717, 1.165) is 23.8 Å². The predicted molar refractivity (Wildman–Crippen MR) is 117 cm³/mol. The van der Waals surface area contributed by atoms with Gasteiger partial charge in [0.1, 0.15) is 18.1 Å². The molecular formula is C22H27NO7S. The van der Waals surface area contributed by atoms with Gasteiger partial charge >= 0.3 is 16.1 Å².